The van der Waals surface area contributed by atoms with E-state index in [1.807, 2.05) is 0 Å². The van der Waals surface area contributed by atoms with Crippen LogP contribution in [0.2, 0.25) is 0 Å². The van der Waals surface area contributed by atoms with Gasteiger partial charge in [0.2, 0.25) is 0 Å². The van der Waals surface area contributed by atoms with Crippen LogP contribution in [0.25, 0.3) is 0 Å². The third-order valence-corrected chi connectivity index (χ3v) is 2.67. The van der Waals surface area contributed by atoms with E-state index >= 15 is 0 Å². The lowest BCUT2D eigenvalue weighted by Gasteiger charge is -2.07. The van der Waals surface area contributed by atoms with Gasteiger partial charge in [-0.15, -0.1) is 0 Å². The van der Waals surface area contributed by atoms with Crippen molar-refractivity contribution < 1.29 is 0 Å². The average molecular weight is 277 g/mol. The lowest BCUT2D eigenvalue weighted by molar-refractivity contribution is 0.679. The zero-order valence-electron chi connectivity index (χ0n) is 7.21. The fourth-order valence-corrected chi connectivity index (χ4v) is 1.07. The van der Waals surface area contributed by atoms with Gasteiger partial charge in [-0.1, -0.05) is 13.8 Å². The van der Waals surface area contributed by atoms with E-state index in [0.29, 0.717) is 11.7 Å². The Morgan fingerprint density at radius 2 is 2.33 bits per heavy atom. The van der Waals surface area contributed by atoms with E-state index in [1.165, 1.54) is 0 Å². The van der Waals surface area contributed by atoms with E-state index in [9.17, 15) is 0 Å². The summed E-state index contributed by atoms with van der Waals surface area (Å²) in [6.45, 7) is 4.21. The van der Waals surface area contributed by atoms with Crippen LogP contribution in [0.15, 0.2) is 6.20 Å². The zero-order valence-corrected chi connectivity index (χ0v) is 9.37. The molecule has 0 saturated carbocycles. The lowest BCUT2D eigenvalue weighted by atomic mass is 10.1. The molecule has 0 aromatic carbocycles. The van der Waals surface area contributed by atoms with Crippen molar-refractivity contribution in [3.8, 4) is 0 Å². The molecule has 0 radical (unpaired) electrons. The first kappa shape index (κ1) is 9.70. The molecule has 0 aliphatic carbocycles. The van der Waals surface area contributed by atoms with Gasteiger partial charge < -0.3 is 5.73 Å². The number of nitrogen functional groups attached to an aromatic ring is 1. The summed E-state index contributed by atoms with van der Waals surface area (Å²) in [5.41, 5.74) is 5.65. The van der Waals surface area contributed by atoms with Crippen molar-refractivity contribution in [2.24, 2.45) is 0 Å². The first-order valence-corrected chi connectivity index (χ1v) is 5.01. The highest BCUT2D eigenvalue weighted by molar-refractivity contribution is 14.1. The summed E-state index contributed by atoms with van der Waals surface area (Å²) in [6, 6.07) is 0. The molecule has 1 unspecified atom stereocenters. The van der Waals surface area contributed by atoms with Crippen LogP contribution in [-0.2, 0) is 0 Å². The maximum Gasteiger partial charge on any atom is 0.140 e. The number of nitrogens with two attached hydrogens (primary N) is 1. The van der Waals surface area contributed by atoms with Gasteiger partial charge in [-0.05, 0) is 29.0 Å². The molecule has 4 heteroatoms. The van der Waals surface area contributed by atoms with Crippen LogP contribution in [0.4, 0.5) is 5.82 Å². The van der Waals surface area contributed by atoms with Gasteiger partial charge in [0, 0.05) is 12.1 Å². The van der Waals surface area contributed by atoms with Gasteiger partial charge in [0.05, 0.1) is 3.57 Å². The molecule has 1 heterocycles. The molecule has 1 aromatic rings. The molecule has 66 valence electrons. The first-order chi connectivity index (χ1) is 5.65. The van der Waals surface area contributed by atoms with Gasteiger partial charge in [-0.2, -0.15) is 0 Å². The molecule has 1 aromatic heterocycles. The smallest absolute Gasteiger partial charge is 0.140 e. The largest absolute Gasteiger partial charge is 0.383 e. The summed E-state index contributed by atoms with van der Waals surface area (Å²) in [4.78, 5) is 8.41. The van der Waals surface area contributed by atoms with Crippen LogP contribution < -0.4 is 5.73 Å². The maximum absolute atomic E-state index is 5.65. The predicted molar refractivity (Wildman–Crippen MR) is 57.9 cm³/mol. The Morgan fingerprint density at radius 3 is 2.83 bits per heavy atom. The summed E-state index contributed by atoms with van der Waals surface area (Å²) in [5.74, 6) is 1.82. The Labute approximate surface area is 85.9 Å². The number of anilines is 1. The van der Waals surface area contributed by atoms with Crippen LogP contribution in [0.5, 0.6) is 0 Å². The van der Waals surface area contributed by atoms with Gasteiger partial charge in [-0.3, -0.25) is 0 Å². The van der Waals surface area contributed by atoms with Crippen molar-refractivity contribution in [1.82, 2.24) is 9.97 Å². The van der Waals surface area contributed by atoms with Gasteiger partial charge in [0.15, 0.2) is 0 Å². The number of aromatic nitrogens is 2. The summed E-state index contributed by atoms with van der Waals surface area (Å²) in [6.07, 6.45) is 2.81. The van der Waals surface area contributed by atoms with Crippen LogP contribution in [-0.4, -0.2) is 9.97 Å². The quantitative estimate of drug-likeness (QED) is 0.843. The van der Waals surface area contributed by atoms with Crippen molar-refractivity contribution in [3.63, 3.8) is 0 Å². The summed E-state index contributed by atoms with van der Waals surface area (Å²) in [5, 5.41) is 0. The molecule has 12 heavy (non-hydrogen) atoms. The molecule has 3 nitrogen and oxygen atoms in total. The second-order valence-electron chi connectivity index (χ2n) is 2.77. The van der Waals surface area contributed by atoms with Crippen LogP contribution >= 0.6 is 22.6 Å². The van der Waals surface area contributed by atoms with Gasteiger partial charge in [0.1, 0.15) is 11.6 Å². The number of nitrogens with zero attached hydrogens (tertiary/aromatic N) is 2. The van der Waals surface area contributed by atoms with Gasteiger partial charge in [0.25, 0.3) is 0 Å². The second kappa shape index (κ2) is 4.02. The first-order valence-electron chi connectivity index (χ1n) is 3.93. The average Bonchev–Trinajstić information content (AvgIpc) is 2.08. The Hall–Kier alpha value is -0.390. The minimum atomic E-state index is 0.393. The third-order valence-electron chi connectivity index (χ3n) is 1.84. The molecular formula is C8H12IN3. The lowest BCUT2D eigenvalue weighted by Crippen LogP contribution is -2.04. The number of rotatable bonds is 2. The molecule has 0 spiro atoms. The molecule has 0 aliphatic rings. The van der Waals surface area contributed by atoms with Crippen molar-refractivity contribution in [2.75, 3.05) is 5.73 Å². The number of hydrogen-bond donors (Lipinski definition) is 1. The molecular weight excluding hydrogens is 265 g/mol. The van der Waals surface area contributed by atoms with E-state index < -0.39 is 0 Å². The Kier molecular flexibility index (Phi) is 3.25. The third kappa shape index (κ3) is 2.06. The molecule has 0 bridgehead atoms. The molecule has 1 atom stereocenters. The Balaban J connectivity index is 2.96. The van der Waals surface area contributed by atoms with Crippen LogP contribution in [0.1, 0.15) is 32.0 Å². The van der Waals surface area contributed by atoms with Crippen molar-refractivity contribution >= 4 is 28.4 Å². The van der Waals surface area contributed by atoms with Crippen LogP contribution in [0.3, 0.4) is 0 Å². The fourth-order valence-electron chi connectivity index (χ4n) is 0.815. The second-order valence-corrected chi connectivity index (χ2v) is 3.93. The minimum absolute atomic E-state index is 0.393. The number of hydrogen-bond acceptors (Lipinski definition) is 3. The number of halogens is 1. The molecule has 2 N–H and O–H groups in total. The fraction of sp³-hybridized carbons (Fsp3) is 0.500. The van der Waals surface area contributed by atoms with Gasteiger partial charge >= 0.3 is 0 Å². The highest BCUT2D eigenvalue weighted by Gasteiger charge is 2.07. The topological polar surface area (TPSA) is 51.8 Å². The summed E-state index contributed by atoms with van der Waals surface area (Å²) >= 11 is 2.13. The molecule has 0 saturated heterocycles. The van der Waals surface area contributed by atoms with Crippen LogP contribution in [0, 0.1) is 3.57 Å². The summed E-state index contributed by atoms with van der Waals surface area (Å²) in [7, 11) is 0. The van der Waals surface area contributed by atoms with E-state index in [-0.39, 0.29) is 0 Å². The van der Waals surface area contributed by atoms with E-state index in [1.54, 1.807) is 6.20 Å². The van der Waals surface area contributed by atoms with Crippen molar-refractivity contribution in [3.05, 3.63) is 15.6 Å². The normalized spacial score (nSPS) is 12.9. The minimum Gasteiger partial charge on any atom is -0.383 e. The van der Waals surface area contributed by atoms with Crippen molar-refractivity contribution in [2.45, 2.75) is 26.2 Å². The Bertz CT molecular complexity index is 275. The highest BCUT2D eigenvalue weighted by Crippen LogP contribution is 2.17. The Morgan fingerprint density at radius 1 is 1.67 bits per heavy atom. The molecule has 0 aliphatic heterocycles. The highest BCUT2D eigenvalue weighted by atomic mass is 127. The molecule has 1 rings (SSSR count). The molecule has 0 amide bonds. The van der Waals surface area contributed by atoms with Crippen molar-refractivity contribution in [1.29, 1.82) is 0 Å². The zero-order chi connectivity index (χ0) is 9.14. The van der Waals surface area contributed by atoms with E-state index in [4.69, 9.17) is 5.73 Å². The SMILES string of the molecule is CCC(C)c1ncc(I)c(N)n1. The standard InChI is InChI=1S/C8H12IN3/c1-3-5(2)8-11-4-6(9)7(10)12-8/h4-5H,3H2,1-2H3,(H2,10,11,12). The predicted octanol–water partition coefficient (Wildman–Crippen LogP) is 2.18. The summed E-state index contributed by atoms with van der Waals surface area (Å²) < 4.78 is 0.916. The van der Waals surface area contributed by atoms with E-state index in [0.717, 1.165) is 15.8 Å². The monoisotopic (exact) mass is 277 g/mol. The maximum atomic E-state index is 5.65. The van der Waals surface area contributed by atoms with E-state index in [2.05, 4.69) is 46.4 Å². The van der Waals surface area contributed by atoms with Gasteiger partial charge in [-0.25, -0.2) is 9.97 Å². The molecule has 0 fully saturated rings.